The molecule has 3 N–H and O–H groups in total. The van der Waals surface area contributed by atoms with Crippen LogP contribution in [0.5, 0.6) is 0 Å². The molecule has 0 aromatic carbocycles. The Bertz CT molecular complexity index is 457. The Morgan fingerprint density at radius 3 is 2.65 bits per heavy atom. The third kappa shape index (κ3) is 2.26. The van der Waals surface area contributed by atoms with Crippen LogP contribution in [0.25, 0.3) is 0 Å². The monoisotopic (exact) mass is 234 g/mol. The molecular formula is C11H14N4O2. The number of rotatable bonds is 2. The Morgan fingerprint density at radius 2 is 2.06 bits per heavy atom. The number of carbonyl (C=O) groups is 2. The van der Waals surface area contributed by atoms with Crippen molar-refractivity contribution in [1.82, 2.24) is 10.3 Å². The van der Waals surface area contributed by atoms with Crippen molar-refractivity contribution in [2.24, 2.45) is 5.73 Å². The largest absolute Gasteiger partial charge is 0.338 e. The van der Waals surface area contributed by atoms with Gasteiger partial charge in [-0.05, 0) is 18.6 Å². The van der Waals surface area contributed by atoms with E-state index in [2.05, 4.69) is 10.3 Å². The Hall–Kier alpha value is -1.95. The molecule has 1 aromatic heterocycles. The first-order chi connectivity index (χ1) is 8.11. The van der Waals surface area contributed by atoms with Crippen LogP contribution in [-0.2, 0) is 16.1 Å². The zero-order valence-electron chi connectivity index (χ0n) is 9.56. The third-order valence-electron chi connectivity index (χ3n) is 2.72. The van der Waals surface area contributed by atoms with Crippen molar-refractivity contribution >= 4 is 17.6 Å². The van der Waals surface area contributed by atoms with Gasteiger partial charge in [0.15, 0.2) is 0 Å². The second-order valence-corrected chi connectivity index (χ2v) is 3.96. The normalized spacial score (nSPS) is 16.0. The van der Waals surface area contributed by atoms with Crippen LogP contribution in [0.3, 0.4) is 0 Å². The molecule has 2 amide bonds. The highest BCUT2D eigenvalue weighted by Crippen LogP contribution is 2.20. The lowest BCUT2D eigenvalue weighted by Gasteiger charge is -2.28. The summed E-state index contributed by atoms with van der Waals surface area (Å²) in [4.78, 5) is 28.5. The molecule has 90 valence electrons. The summed E-state index contributed by atoms with van der Waals surface area (Å²) in [6.45, 7) is 2.53. The number of nitrogens with two attached hydrogens (primary N) is 1. The minimum atomic E-state index is -0.312. The summed E-state index contributed by atoms with van der Waals surface area (Å²) in [6, 6.07) is 1.86. The van der Waals surface area contributed by atoms with E-state index >= 15 is 0 Å². The van der Waals surface area contributed by atoms with Crippen molar-refractivity contribution in [3.05, 3.63) is 23.4 Å². The van der Waals surface area contributed by atoms with E-state index in [1.54, 1.807) is 11.1 Å². The lowest BCUT2D eigenvalue weighted by molar-refractivity contribution is -0.130. The van der Waals surface area contributed by atoms with Gasteiger partial charge in [-0.3, -0.25) is 14.9 Å². The molecule has 1 fully saturated rings. The highest BCUT2D eigenvalue weighted by atomic mass is 16.2. The molecule has 0 aliphatic carbocycles. The molecule has 1 aliphatic rings. The molecule has 1 saturated heterocycles. The number of imide groups is 1. The van der Waals surface area contributed by atoms with Crippen LogP contribution in [0.15, 0.2) is 12.3 Å². The van der Waals surface area contributed by atoms with Crippen molar-refractivity contribution in [1.29, 1.82) is 0 Å². The fourth-order valence-electron chi connectivity index (χ4n) is 1.89. The molecular weight excluding hydrogens is 220 g/mol. The summed E-state index contributed by atoms with van der Waals surface area (Å²) in [5, 5.41) is 2.25. The van der Waals surface area contributed by atoms with E-state index in [-0.39, 0.29) is 24.9 Å². The Morgan fingerprint density at radius 1 is 1.41 bits per heavy atom. The van der Waals surface area contributed by atoms with Crippen LogP contribution in [0, 0.1) is 6.92 Å². The number of anilines is 1. The fraction of sp³-hybridized carbons (Fsp3) is 0.364. The smallest absolute Gasteiger partial charge is 0.246 e. The van der Waals surface area contributed by atoms with Crippen molar-refractivity contribution in [2.75, 3.05) is 18.0 Å². The second kappa shape index (κ2) is 4.50. The minimum absolute atomic E-state index is 0.134. The fourth-order valence-corrected chi connectivity index (χ4v) is 1.89. The lowest BCUT2D eigenvalue weighted by Crippen LogP contribution is -2.52. The maximum absolute atomic E-state index is 11.3. The van der Waals surface area contributed by atoms with Gasteiger partial charge in [0.05, 0.1) is 13.1 Å². The van der Waals surface area contributed by atoms with E-state index in [0.717, 1.165) is 11.1 Å². The Balaban J connectivity index is 2.36. The Labute approximate surface area is 98.8 Å². The molecule has 6 nitrogen and oxygen atoms in total. The van der Waals surface area contributed by atoms with E-state index in [4.69, 9.17) is 5.73 Å². The number of amides is 2. The van der Waals surface area contributed by atoms with E-state index in [1.807, 2.05) is 13.0 Å². The standard InChI is InChI=1S/C11H14N4O2/c1-7-2-3-13-11(8(7)4-12)15-5-9(16)14-10(17)6-15/h2-3H,4-6,12H2,1H3,(H,14,16,17). The van der Waals surface area contributed by atoms with Crippen molar-refractivity contribution < 1.29 is 9.59 Å². The van der Waals surface area contributed by atoms with Crippen molar-refractivity contribution in [3.8, 4) is 0 Å². The molecule has 0 radical (unpaired) electrons. The van der Waals surface area contributed by atoms with Gasteiger partial charge in [0.2, 0.25) is 11.8 Å². The van der Waals surface area contributed by atoms with E-state index < -0.39 is 0 Å². The second-order valence-electron chi connectivity index (χ2n) is 3.96. The van der Waals surface area contributed by atoms with Gasteiger partial charge < -0.3 is 10.6 Å². The molecule has 1 aromatic rings. The van der Waals surface area contributed by atoms with E-state index in [0.29, 0.717) is 12.4 Å². The van der Waals surface area contributed by atoms with Gasteiger partial charge in [-0.25, -0.2) is 4.98 Å². The van der Waals surface area contributed by atoms with Gasteiger partial charge in [-0.15, -0.1) is 0 Å². The molecule has 0 unspecified atom stereocenters. The molecule has 2 rings (SSSR count). The number of aryl methyl sites for hydroxylation is 1. The van der Waals surface area contributed by atoms with Gasteiger partial charge in [-0.2, -0.15) is 0 Å². The molecule has 0 saturated carbocycles. The minimum Gasteiger partial charge on any atom is -0.338 e. The molecule has 1 aliphatic heterocycles. The molecule has 2 heterocycles. The van der Waals surface area contributed by atoms with Crippen LogP contribution in [0.1, 0.15) is 11.1 Å². The number of nitrogens with one attached hydrogen (secondary N) is 1. The van der Waals surface area contributed by atoms with Crippen molar-refractivity contribution in [3.63, 3.8) is 0 Å². The number of piperazine rings is 1. The molecule has 6 heteroatoms. The quantitative estimate of drug-likeness (QED) is 0.661. The molecule has 0 spiro atoms. The van der Waals surface area contributed by atoms with Gasteiger partial charge in [0.1, 0.15) is 5.82 Å². The van der Waals surface area contributed by atoms with E-state index in [9.17, 15) is 9.59 Å². The zero-order chi connectivity index (χ0) is 12.4. The number of hydrogen-bond donors (Lipinski definition) is 2. The van der Waals surface area contributed by atoms with Crippen LogP contribution < -0.4 is 16.0 Å². The maximum Gasteiger partial charge on any atom is 0.246 e. The highest BCUT2D eigenvalue weighted by molar-refractivity contribution is 6.02. The van der Waals surface area contributed by atoms with Crippen LogP contribution >= 0.6 is 0 Å². The topological polar surface area (TPSA) is 88.3 Å². The molecule has 0 atom stereocenters. The van der Waals surface area contributed by atoms with Gasteiger partial charge in [-0.1, -0.05) is 0 Å². The van der Waals surface area contributed by atoms with Gasteiger partial charge >= 0.3 is 0 Å². The summed E-state index contributed by atoms with van der Waals surface area (Å²) in [5.74, 6) is -0.00393. The predicted octanol–water partition coefficient (Wildman–Crippen LogP) is -0.688. The van der Waals surface area contributed by atoms with E-state index in [1.165, 1.54) is 0 Å². The highest BCUT2D eigenvalue weighted by Gasteiger charge is 2.25. The van der Waals surface area contributed by atoms with Crippen LogP contribution in [0.2, 0.25) is 0 Å². The van der Waals surface area contributed by atoms with Crippen LogP contribution in [0.4, 0.5) is 5.82 Å². The first-order valence-corrected chi connectivity index (χ1v) is 5.34. The number of nitrogens with zero attached hydrogens (tertiary/aromatic N) is 2. The first-order valence-electron chi connectivity index (χ1n) is 5.34. The number of pyridine rings is 1. The maximum atomic E-state index is 11.3. The zero-order valence-corrected chi connectivity index (χ0v) is 9.56. The summed E-state index contributed by atoms with van der Waals surface area (Å²) in [6.07, 6.45) is 1.65. The average molecular weight is 234 g/mol. The number of aromatic nitrogens is 1. The number of carbonyl (C=O) groups excluding carboxylic acids is 2. The average Bonchev–Trinajstić information content (AvgIpc) is 2.27. The number of hydrogen-bond acceptors (Lipinski definition) is 5. The third-order valence-corrected chi connectivity index (χ3v) is 2.72. The summed E-state index contributed by atoms with van der Waals surface area (Å²) < 4.78 is 0. The summed E-state index contributed by atoms with van der Waals surface area (Å²) in [7, 11) is 0. The van der Waals surface area contributed by atoms with Crippen molar-refractivity contribution in [2.45, 2.75) is 13.5 Å². The SMILES string of the molecule is Cc1ccnc(N2CC(=O)NC(=O)C2)c1CN. The van der Waals surface area contributed by atoms with Gasteiger partial charge in [0, 0.05) is 18.3 Å². The Kier molecular flexibility index (Phi) is 3.06. The molecule has 17 heavy (non-hydrogen) atoms. The summed E-state index contributed by atoms with van der Waals surface area (Å²) in [5.41, 5.74) is 7.56. The van der Waals surface area contributed by atoms with Crippen LogP contribution in [-0.4, -0.2) is 29.9 Å². The van der Waals surface area contributed by atoms with Gasteiger partial charge in [0.25, 0.3) is 0 Å². The first kappa shape index (κ1) is 11.5. The summed E-state index contributed by atoms with van der Waals surface area (Å²) >= 11 is 0. The predicted molar refractivity (Wildman–Crippen MR) is 62.2 cm³/mol. The molecule has 0 bridgehead atoms. The lowest BCUT2D eigenvalue weighted by atomic mass is 10.1.